The lowest BCUT2D eigenvalue weighted by molar-refractivity contribution is 0.285. The average molecular weight is 513 g/mol. The second-order valence-corrected chi connectivity index (χ2v) is 9.05. The van der Waals surface area contributed by atoms with Gasteiger partial charge in [-0.25, -0.2) is 0 Å². The van der Waals surface area contributed by atoms with Crippen LogP contribution >= 0.6 is 0 Å². The van der Waals surface area contributed by atoms with E-state index in [1.54, 1.807) is 0 Å². The van der Waals surface area contributed by atoms with Crippen LogP contribution in [0.1, 0.15) is 38.5 Å². The molecule has 0 bridgehead atoms. The Kier molecular flexibility index (Phi) is 10.2. The van der Waals surface area contributed by atoms with Crippen LogP contribution in [0.3, 0.4) is 0 Å². The van der Waals surface area contributed by atoms with Crippen molar-refractivity contribution in [3.63, 3.8) is 0 Å². The molecule has 0 saturated heterocycles. The molecule has 0 unspecified atom stereocenters. The molecule has 0 atom stereocenters. The Balaban J connectivity index is 1.08. The van der Waals surface area contributed by atoms with Crippen LogP contribution in [0.4, 0.5) is 11.4 Å². The van der Waals surface area contributed by atoms with E-state index in [0.29, 0.717) is 36.1 Å². The Labute approximate surface area is 225 Å². The molecule has 0 saturated carbocycles. The highest BCUT2D eigenvalue weighted by atomic mass is 16.5. The van der Waals surface area contributed by atoms with Gasteiger partial charge in [0.15, 0.2) is 23.0 Å². The normalized spacial score (nSPS) is 10.6. The van der Waals surface area contributed by atoms with E-state index in [4.69, 9.17) is 30.4 Å². The van der Waals surface area contributed by atoms with E-state index in [1.165, 1.54) is 12.8 Å². The number of hydrogen-bond donors (Lipinski definition) is 2. The molecule has 4 aromatic rings. The van der Waals surface area contributed by atoms with Crippen LogP contribution in [0.5, 0.6) is 34.5 Å². The van der Waals surface area contributed by atoms with Crippen LogP contribution in [0.15, 0.2) is 97.1 Å². The summed E-state index contributed by atoms with van der Waals surface area (Å²) in [7, 11) is 0. The van der Waals surface area contributed by atoms with E-state index in [0.717, 1.165) is 48.7 Å². The first-order chi connectivity index (χ1) is 18.7. The number of nitrogen functional groups attached to an aromatic ring is 2. The molecule has 0 aliphatic carbocycles. The molecule has 6 nitrogen and oxygen atoms in total. The molecule has 198 valence electrons. The molecule has 0 heterocycles. The van der Waals surface area contributed by atoms with Crippen molar-refractivity contribution in [3.05, 3.63) is 97.1 Å². The maximum atomic E-state index is 6.00. The van der Waals surface area contributed by atoms with Crippen LogP contribution in [0.25, 0.3) is 0 Å². The number of hydrogen-bond acceptors (Lipinski definition) is 6. The summed E-state index contributed by atoms with van der Waals surface area (Å²) in [6.45, 7) is 1.33. The highest BCUT2D eigenvalue weighted by molar-refractivity contribution is 5.47. The Morgan fingerprint density at radius 1 is 0.395 bits per heavy atom. The minimum Gasteiger partial charge on any atom is -0.490 e. The fraction of sp³-hybridized carbons (Fsp3) is 0.250. The lowest BCUT2D eigenvalue weighted by Crippen LogP contribution is -2.00. The molecular weight excluding hydrogens is 476 g/mol. The third kappa shape index (κ3) is 8.66. The zero-order valence-corrected chi connectivity index (χ0v) is 21.7. The molecule has 0 aromatic heterocycles. The number of para-hydroxylation sites is 4. The van der Waals surface area contributed by atoms with Crippen molar-refractivity contribution in [1.82, 2.24) is 0 Å². The summed E-state index contributed by atoms with van der Waals surface area (Å²) >= 11 is 0. The second kappa shape index (κ2) is 14.4. The molecule has 6 heteroatoms. The lowest BCUT2D eigenvalue weighted by Gasteiger charge is -2.13. The fourth-order valence-electron chi connectivity index (χ4n) is 3.91. The van der Waals surface area contributed by atoms with E-state index in [2.05, 4.69) is 0 Å². The zero-order chi connectivity index (χ0) is 26.4. The van der Waals surface area contributed by atoms with Crippen LogP contribution in [-0.4, -0.2) is 13.2 Å². The molecule has 0 spiro atoms. The topological polar surface area (TPSA) is 89.0 Å². The van der Waals surface area contributed by atoms with Crippen LogP contribution < -0.4 is 30.4 Å². The van der Waals surface area contributed by atoms with Crippen molar-refractivity contribution in [2.24, 2.45) is 0 Å². The summed E-state index contributed by atoms with van der Waals surface area (Å²) < 4.78 is 23.9. The maximum Gasteiger partial charge on any atom is 0.169 e. The lowest BCUT2D eigenvalue weighted by atomic mass is 10.1. The molecule has 4 rings (SSSR count). The molecule has 0 aliphatic heterocycles. The van der Waals surface area contributed by atoms with Crippen LogP contribution in [0, 0.1) is 0 Å². The molecule has 0 fully saturated rings. The predicted octanol–water partition coefficient (Wildman–Crippen LogP) is 8.23. The summed E-state index contributed by atoms with van der Waals surface area (Å²) in [5, 5.41) is 0. The smallest absolute Gasteiger partial charge is 0.169 e. The van der Waals surface area contributed by atoms with Crippen molar-refractivity contribution in [1.29, 1.82) is 0 Å². The number of rotatable bonds is 15. The Bertz CT molecular complexity index is 1140. The fourth-order valence-corrected chi connectivity index (χ4v) is 3.91. The average Bonchev–Trinajstić information content (AvgIpc) is 2.94. The molecule has 38 heavy (non-hydrogen) atoms. The molecule has 4 aromatic carbocycles. The van der Waals surface area contributed by atoms with E-state index >= 15 is 0 Å². The highest BCUT2D eigenvalue weighted by Gasteiger charge is 2.07. The van der Waals surface area contributed by atoms with Crippen molar-refractivity contribution in [2.45, 2.75) is 38.5 Å². The summed E-state index contributed by atoms with van der Waals surface area (Å²) in [5.41, 5.74) is 12.9. The minimum atomic E-state index is 0.663. The van der Waals surface area contributed by atoms with Gasteiger partial charge < -0.3 is 30.4 Å². The van der Waals surface area contributed by atoms with Crippen molar-refractivity contribution < 1.29 is 18.9 Å². The van der Waals surface area contributed by atoms with Gasteiger partial charge in [-0.3, -0.25) is 0 Å². The number of anilines is 2. The summed E-state index contributed by atoms with van der Waals surface area (Å²) in [4.78, 5) is 0. The first-order valence-electron chi connectivity index (χ1n) is 13.2. The summed E-state index contributed by atoms with van der Waals surface area (Å²) in [6.07, 6.45) is 6.60. The zero-order valence-electron chi connectivity index (χ0n) is 21.7. The Morgan fingerprint density at radius 3 is 1.13 bits per heavy atom. The van der Waals surface area contributed by atoms with Gasteiger partial charge in [0.25, 0.3) is 0 Å². The van der Waals surface area contributed by atoms with Gasteiger partial charge in [-0.1, -0.05) is 49.9 Å². The summed E-state index contributed by atoms with van der Waals surface area (Å²) in [6, 6.07) is 30.2. The third-order valence-electron chi connectivity index (χ3n) is 5.97. The number of unbranched alkanes of at least 4 members (excludes halogenated alkanes) is 5. The second-order valence-electron chi connectivity index (χ2n) is 9.05. The van der Waals surface area contributed by atoms with Crippen LogP contribution in [-0.2, 0) is 0 Å². The van der Waals surface area contributed by atoms with Gasteiger partial charge in [-0.05, 0) is 85.6 Å². The summed E-state index contributed by atoms with van der Waals surface area (Å²) in [5.74, 6) is 4.38. The van der Waals surface area contributed by atoms with Gasteiger partial charge in [0.2, 0.25) is 0 Å². The first-order valence-corrected chi connectivity index (χ1v) is 13.2. The molecule has 0 radical (unpaired) electrons. The van der Waals surface area contributed by atoms with E-state index < -0.39 is 0 Å². The van der Waals surface area contributed by atoms with Gasteiger partial charge in [-0.15, -0.1) is 0 Å². The predicted molar refractivity (Wildman–Crippen MR) is 153 cm³/mol. The van der Waals surface area contributed by atoms with Gasteiger partial charge >= 0.3 is 0 Å². The third-order valence-corrected chi connectivity index (χ3v) is 5.97. The minimum absolute atomic E-state index is 0.663. The van der Waals surface area contributed by atoms with Gasteiger partial charge in [0.05, 0.1) is 13.2 Å². The standard InChI is InChI=1S/C32H36N2O4/c33-25-15-19-27(20-16-25)37-31-13-7-5-11-29(31)35-23-9-3-1-2-4-10-24-36-30-12-6-8-14-32(30)38-28-21-17-26(34)18-22-28/h5-8,11-22H,1-4,9-10,23-24,33-34H2. The largest absolute Gasteiger partial charge is 0.490 e. The van der Waals surface area contributed by atoms with E-state index in [9.17, 15) is 0 Å². The number of nitrogens with two attached hydrogens (primary N) is 2. The van der Waals surface area contributed by atoms with Gasteiger partial charge in [-0.2, -0.15) is 0 Å². The molecule has 4 N–H and O–H groups in total. The first kappa shape index (κ1) is 26.7. The van der Waals surface area contributed by atoms with Crippen LogP contribution in [0.2, 0.25) is 0 Å². The monoisotopic (exact) mass is 512 g/mol. The molecule has 0 aliphatic rings. The van der Waals surface area contributed by atoms with Gasteiger partial charge in [0, 0.05) is 11.4 Å². The van der Waals surface area contributed by atoms with E-state index in [1.807, 2.05) is 97.1 Å². The van der Waals surface area contributed by atoms with Crippen molar-refractivity contribution in [3.8, 4) is 34.5 Å². The number of ether oxygens (including phenoxy) is 4. The van der Waals surface area contributed by atoms with Crippen molar-refractivity contribution in [2.75, 3.05) is 24.7 Å². The highest BCUT2D eigenvalue weighted by Crippen LogP contribution is 2.33. The van der Waals surface area contributed by atoms with Crippen molar-refractivity contribution >= 4 is 11.4 Å². The number of benzene rings is 4. The quantitative estimate of drug-likeness (QED) is 0.123. The van der Waals surface area contributed by atoms with E-state index in [-0.39, 0.29) is 0 Å². The molecule has 0 amide bonds. The SMILES string of the molecule is Nc1ccc(Oc2ccccc2OCCCCCCCCOc2ccccc2Oc2ccc(N)cc2)cc1. The maximum absolute atomic E-state index is 6.00. The molecular formula is C32H36N2O4. The van der Waals surface area contributed by atoms with Gasteiger partial charge in [0.1, 0.15) is 11.5 Å². The Morgan fingerprint density at radius 2 is 0.737 bits per heavy atom. The Hall–Kier alpha value is -4.32.